The Hall–Kier alpha value is -1.32. The Balaban J connectivity index is 1.71. The molecule has 1 aromatic carbocycles. The summed E-state index contributed by atoms with van der Waals surface area (Å²) in [5, 5.41) is 3.67. The highest BCUT2D eigenvalue weighted by Crippen LogP contribution is 2.34. The summed E-state index contributed by atoms with van der Waals surface area (Å²) >= 11 is 1.87. The molecule has 3 rings (SSSR count). The highest BCUT2D eigenvalue weighted by molar-refractivity contribution is 7.11. The lowest BCUT2D eigenvalue weighted by Gasteiger charge is -2.14. The van der Waals surface area contributed by atoms with Gasteiger partial charge in [0, 0.05) is 22.3 Å². The minimum absolute atomic E-state index is 0.465. The van der Waals surface area contributed by atoms with Gasteiger partial charge in [0.2, 0.25) is 0 Å². The van der Waals surface area contributed by atoms with Crippen LogP contribution < -0.4 is 10.1 Å². The van der Waals surface area contributed by atoms with E-state index in [4.69, 9.17) is 4.74 Å². The third-order valence-corrected chi connectivity index (χ3v) is 4.75. The van der Waals surface area contributed by atoms with Crippen LogP contribution >= 0.6 is 11.3 Å². The molecule has 1 atom stereocenters. The summed E-state index contributed by atoms with van der Waals surface area (Å²) in [6.45, 7) is 3.11. The van der Waals surface area contributed by atoms with Crippen LogP contribution in [0, 0.1) is 6.92 Å². The van der Waals surface area contributed by atoms with Crippen molar-refractivity contribution in [2.45, 2.75) is 32.4 Å². The van der Waals surface area contributed by atoms with Crippen molar-refractivity contribution in [1.82, 2.24) is 5.32 Å². The van der Waals surface area contributed by atoms with Crippen LogP contribution in [0.4, 0.5) is 0 Å². The number of methoxy groups -OCH3 is 1. The molecule has 1 aliphatic carbocycles. The monoisotopic (exact) mass is 273 g/mol. The molecule has 19 heavy (non-hydrogen) atoms. The van der Waals surface area contributed by atoms with E-state index < -0.39 is 0 Å². The zero-order valence-corrected chi connectivity index (χ0v) is 12.2. The molecule has 100 valence electrons. The Morgan fingerprint density at radius 2 is 2.21 bits per heavy atom. The minimum atomic E-state index is 0.465. The van der Waals surface area contributed by atoms with E-state index in [-0.39, 0.29) is 0 Å². The SMILES string of the molecule is COc1ccc2c(c1)C(NCc1ccc(C)s1)CC2. The lowest BCUT2D eigenvalue weighted by atomic mass is 10.1. The molecule has 2 aromatic rings. The van der Waals surface area contributed by atoms with Crippen LogP contribution in [0.1, 0.15) is 33.3 Å². The van der Waals surface area contributed by atoms with Crippen molar-refractivity contribution in [2.24, 2.45) is 0 Å². The number of fused-ring (bicyclic) bond motifs is 1. The first-order valence-electron chi connectivity index (χ1n) is 6.72. The van der Waals surface area contributed by atoms with E-state index in [2.05, 4.69) is 42.6 Å². The molecule has 1 aromatic heterocycles. The van der Waals surface area contributed by atoms with Crippen LogP contribution in [0.25, 0.3) is 0 Å². The van der Waals surface area contributed by atoms with E-state index in [0.29, 0.717) is 6.04 Å². The van der Waals surface area contributed by atoms with Crippen LogP contribution in [0.5, 0.6) is 5.75 Å². The molecule has 0 amide bonds. The quantitative estimate of drug-likeness (QED) is 0.914. The molecule has 0 radical (unpaired) electrons. The maximum atomic E-state index is 5.33. The molecule has 0 aliphatic heterocycles. The number of hydrogen-bond donors (Lipinski definition) is 1. The van der Waals surface area contributed by atoms with Gasteiger partial charge in [0.05, 0.1) is 7.11 Å². The van der Waals surface area contributed by atoms with Crippen molar-refractivity contribution in [3.8, 4) is 5.75 Å². The van der Waals surface area contributed by atoms with Gasteiger partial charge in [0.15, 0.2) is 0 Å². The second-order valence-corrected chi connectivity index (χ2v) is 6.42. The molecule has 1 unspecified atom stereocenters. The van der Waals surface area contributed by atoms with E-state index in [1.807, 2.05) is 11.3 Å². The van der Waals surface area contributed by atoms with Crippen molar-refractivity contribution in [3.63, 3.8) is 0 Å². The molecule has 1 aliphatic rings. The summed E-state index contributed by atoms with van der Waals surface area (Å²) in [6, 6.07) is 11.3. The molecule has 1 heterocycles. The van der Waals surface area contributed by atoms with E-state index in [1.54, 1.807) is 7.11 Å². The average molecular weight is 273 g/mol. The van der Waals surface area contributed by atoms with Gasteiger partial charge >= 0.3 is 0 Å². The van der Waals surface area contributed by atoms with Crippen molar-refractivity contribution in [3.05, 3.63) is 51.2 Å². The number of rotatable bonds is 4. The van der Waals surface area contributed by atoms with Crippen molar-refractivity contribution in [1.29, 1.82) is 0 Å². The summed E-state index contributed by atoms with van der Waals surface area (Å²) in [6.07, 6.45) is 2.35. The summed E-state index contributed by atoms with van der Waals surface area (Å²) < 4.78 is 5.33. The Morgan fingerprint density at radius 3 is 2.95 bits per heavy atom. The van der Waals surface area contributed by atoms with Crippen molar-refractivity contribution >= 4 is 11.3 Å². The van der Waals surface area contributed by atoms with Gasteiger partial charge in [-0.3, -0.25) is 0 Å². The standard InChI is InChI=1S/C16H19NOS/c1-11-3-7-14(19-11)10-17-16-8-5-12-4-6-13(18-2)9-15(12)16/h3-4,6-7,9,16-17H,5,8,10H2,1-2H3. The summed E-state index contributed by atoms with van der Waals surface area (Å²) in [5.41, 5.74) is 2.87. The van der Waals surface area contributed by atoms with E-state index in [9.17, 15) is 0 Å². The predicted octanol–water partition coefficient (Wildman–Crippen LogP) is 3.84. The van der Waals surface area contributed by atoms with E-state index >= 15 is 0 Å². The van der Waals surface area contributed by atoms with Gasteiger partial charge in [0.25, 0.3) is 0 Å². The van der Waals surface area contributed by atoms with Crippen LogP contribution in [-0.4, -0.2) is 7.11 Å². The number of benzene rings is 1. The fourth-order valence-electron chi connectivity index (χ4n) is 2.72. The second-order valence-electron chi connectivity index (χ2n) is 5.05. The zero-order chi connectivity index (χ0) is 13.2. The van der Waals surface area contributed by atoms with Gasteiger partial charge in [-0.1, -0.05) is 6.07 Å². The Morgan fingerprint density at radius 1 is 1.32 bits per heavy atom. The van der Waals surface area contributed by atoms with Crippen LogP contribution in [0.2, 0.25) is 0 Å². The smallest absolute Gasteiger partial charge is 0.119 e. The molecule has 0 bridgehead atoms. The number of hydrogen-bond acceptors (Lipinski definition) is 3. The fourth-order valence-corrected chi connectivity index (χ4v) is 3.56. The van der Waals surface area contributed by atoms with Crippen LogP contribution in [0.15, 0.2) is 30.3 Å². The number of nitrogens with one attached hydrogen (secondary N) is 1. The van der Waals surface area contributed by atoms with Crippen molar-refractivity contribution < 1.29 is 4.74 Å². The molecule has 3 heteroatoms. The van der Waals surface area contributed by atoms with Gasteiger partial charge in [-0.05, 0) is 55.2 Å². The third kappa shape index (κ3) is 2.67. The first-order valence-corrected chi connectivity index (χ1v) is 7.53. The summed E-state index contributed by atoms with van der Waals surface area (Å²) in [4.78, 5) is 2.79. The molecule has 1 N–H and O–H groups in total. The first-order chi connectivity index (χ1) is 9.26. The molecule has 0 saturated heterocycles. The molecule has 2 nitrogen and oxygen atoms in total. The first kappa shape index (κ1) is 12.7. The topological polar surface area (TPSA) is 21.3 Å². The lowest BCUT2D eigenvalue weighted by Crippen LogP contribution is -2.18. The molecular formula is C16H19NOS. The highest BCUT2D eigenvalue weighted by Gasteiger charge is 2.22. The highest BCUT2D eigenvalue weighted by atomic mass is 32.1. The van der Waals surface area contributed by atoms with E-state index in [0.717, 1.165) is 12.3 Å². The van der Waals surface area contributed by atoms with Gasteiger partial charge in [-0.2, -0.15) is 0 Å². The van der Waals surface area contributed by atoms with E-state index in [1.165, 1.54) is 33.7 Å². The Kier molecular flexibility index (Phi) is 3.58. The predicted molar refractivity (Wildman–Crippen MR) is 80.0 cm³/mol. The maximum absolute atomic E-state index is 5.33. The fraction of sp³-hybridized carbons (Fsp3) is 0.375. The summed E-state index contributed by atoms with van der Waals surface area (Å²) in [5.74, 6) is 0.958. The minimum Gasteiger partial charge on any atom is -0.497 e. The molecule has 0 fully saturated rings. The van der Waals surface area contributed by atoms with Crippen LogP contribution in [0.3, 0.4) is 0 Å². The number of ether oxygens (including phenoxy) is 1. The Bertz CT molecular complexity index is 576. The summed E-state index contributed by atoms with van der Waals surface area (Å²) in [7, 11) is 1.73. The second kappa shape index (κ2) is 5.35. The third-order valence-electron chi connectivity index (χ3n) is 3.75. The zero-order valence-electron chi connectivity index (χ0n) is 11.4. The van der Waals surface area contributed by atoms with Gasteiger partial charge in [0.1, 0.15) is 5.75 Å². The van der Waals surface area contributed by atoms with Crippen LogP contribution in [-0.2, 0) is 13.0 Å². The normalized spacial score (nSPS) is 17.5. The molecule has 0 saturated carbocycles. The number of thiophene rings is 1. The average Bonchev–Trinajstić information content (AvgIpc) is 3.02. The lowest BCUT2D eigenvalue weighted by molar-refractivity contribution is 0.413. The Labute approximate surface area is 118 Å². The van der Waals surface area contributed by atoms with Gasteiger partial charge in [-0.15, -0.1) is 11.3 Å². The number of aryl methyl sites for hydroxylation is 2. The van der Waals surface area contributed by atoms with Gasteiger partial charge < -0.3 is 10.1 Å². The molecule has 0 spiro atoms. The van der Waals surface area contributed by atoms with Gasteiger partial charge in [-0.25, -0.2) is 0 Å². The largest absolute Gasteiger partial charge is 0.497 e. The maximum Gasteiger partial charge on any atom is 0.119 e. The van der Waals surface area contributed by atoms with Crippen molar-refractivity contribution in [2.75, 3.05) is 7.11 Å². The molecular weight excluding hydrogens is 254 g/mol.